The van der Waals surface area contributed by atoms with E-state index in [-0.39, 0.29) is 18.3 Å². The molecule has 0 bridgehead atoms. The summed E-state index contributed by atoms with van der Waals surface area (Å²) in [6, 6.07) is 5.33. The van der Waals surface area contributed by atoms with Crippen molar-refractivity contribution >= 4 is 11.6 Å². The van der Waals surface area contributed by atoms with Gasteiger partial charge in [0.1, 0.15) is 6.20 Å². The van der Waals surface area contributed by atoms with Crippen LogP contribution in [0.2, 0.25) is 0 Å². The molecule has 0 saturated heterocycles. The maximum absolute atomic E-state index is 11.0. The Morgan fingerprint density at radius 3 is 3.06 bits per heavy atom. The number of benzene rings is 1. The highest BCUT2D eigenvalue weighted by atomic mass is 16.7. The number of H-pyrrole nitrogens is 1. The van der Waals surface area contributed by atoms with Gasteiger partial charge in [-0.1, -0.05) is 0 Å². The highest BCUT2D eigenvalue weighted by Crippen LogP contribution is 2.34. The van der Waals surface area contributed by atoms with E-state index in [0.717, 1.165) is 11.9 Å². The highest BCUT2D eigenvalue weighted by Gasteiger charge is 2.13. The van der Waals surface area contributed by atoms with Gasteiger partial charge in [0.05, 0.1) is 0 Å². The van der Waals surface area contributed by atoms with Gasteiger partial charge in [-0.25, -0.2) is 0 Å². The molecule has 0 unspecified atom stereocenters. The Kier molecular flexibility index (Phi) is 2.14. The summed E-state index contributed by atoms with van der Waals surface area (Å²) < 4.78 is 10.4. The first kappa shape index (κ1) is 9.64. The third kappa shape index (κ3) is 1.89. The number of hydrogen-bond donors (Lipinski definition) is 2. The van der Waals surface area contributed by atoms with E-state index in [0.29, 0.717) is 11.5 Å². The van der Waals surface area contributed by atoms with Crippen LogP contribution in [0.5, 0.6) is 11.5 Å². The second kappa shape index (κ2) is 3.78. The van der Waals surface area contributed by atoms with Crippen LogP contribution in [0.25, 0.3) is 0 Å². The number of aromatic amines is 1. The second-order valence-corrected chi connectivity index (χ2v) is 3.38. The largest absolute Gasteiger partial charge is 0.454 e. The van der Waals surface area contributed by atoms with Gasteiger partial charge in [0.2, 0.25) is 12.7 Å². The predicted molar refractivity (Wildman–Crippen MR) is 58.5 cm³/mol. The molecule has 0 amide bonds. The van der Waals surface area contributed by atoms with Crippen LogP contribution in [0.1, 0.15) is 0 Å². The third-order valence-corrected chi connectivity index (χ3v) is 2.21. The van der Waals surface area contributed by atoms with E-state index in [1.807, 2.05) is 0 Å². The number of rotatable bonds is 2. The van der Waals surface area contributed by atoms with Crippen molar-refractivity contribution in [2.45, 2.75) is 0 Å². The normalized spacial score (nSPS) is 12.5. The maximum atomic E-state index is 11.0. The number of anilines is 2. The third-order valence-electron chi connectivity index (χ3n) is 2.21. The number of hydrogen-bond acceptors (Lipinski definition) is 6. The van der Waals surface area contributed by atoms with Gasteiger partial charge < -0.3 is 14.8 Å². The lowest BCUT2D eigenvalue weighted by molar-refractivity contribution is 0.174. The van der Waals surface area contributed by atoms with E-state index < -0.39 is 0 Å². The molecule has 86 valence electrons. The molecule has 0 spiro atoms. The Hall–Kier alpha value is -2.57. The van der Waals surface area contributed by atoms with Crippen LogP contribution in [-0.4, -0.2) is 22.0 Å². The molecule has 0 aliphatic carbocycles. The monoisotopic (exact) mass is 232 g/mol. The number of aromatic nitrogens is 3. The molecule has 7 nitrogen and oxygen atoms in total. The van der Waals surface area contributed by atoms with Crippen LogP contribution in [0.15, 0.2) is 29.2 Å². The van der Waals surface area contributed by atoms with E-state index in [9.17, 15) is 4.79 Å². The molecule has 17 heavy (non-hydrogen) atoms. The Bertz CT molecular complexity index is 610. The van der Waals surface area contributed by atoms with Gasteiger partial charge in [0, 0.05) is 11.8 Å². The summed E-state index contributed by atoms with van der Waals surface area (Å²) in [6.45, 7) is 0.223. The molecule has 0 saturated carbocycles. The predicted octanol–water partition coefficient (Wildman–Crippen LogP) is 0.637. The summed E-state index contributed by atoms with van der Waals surface area (Å²) in [6.07, 6.45) is 1.10. The summed E-state index contributed by atoms with van der Waals surface area (Å²) in [4.78, 5) is 13.5. The van der Waals surface area contributed by atoms with Crippen molar-refractivity contribution in [2.24, 2.45) is 0 Å². The summed E-state index contributed by atoms with van der Waals surface area (Å²) in [5, 5.41) is 10.2. The fourth-order valence-electron chi connectivity index (χ4n) is 1.48. The zero-order chi connectivity index (χ0) is 11.7. The van der Waals surface area contributed by atoms with Crippen molar-refractivity contribution < 1.29 is 9.47 Å². The zero-order valence-corrected chi connectivity index (χ0v) is 8.64. The lowest BCUT2D eigenvalue weighted by atomic mass is 10.3. The molecule has 2 heterocycles. The standard InChI is InChI=1S/C10H8N4O3/c15-9-4-11-14-10(13-9)12-6-1-2-7-8(3-6)17-5-16-7/h1-4H,5H2,(H2,12,13,14,15). The van der Waals surface area contributed by atoms with Crippen molar-refractivity contribution in [2.75, 3.05) is 12.1 Å². The fraction of sp³-hybridized carbons (Fsp3) is 0.100. The molecule has 3 rings (SSSR count). The van der Waals surface area contributed by atoms with E-state index >= 15 is 0 Å². The van der Waals surface area contributed by atoms with Crippen molar-refractivity contribution in [1.29, 1.82) is 0 Å². The molecule has 2 N–H and O–H groups in total. The summed E-state index contributed by atoms with van der Waals surface area (Å²) >= 11 is 0. The summed E-state index contributed by atoms with van der Waals surface area (Å²) in [5.74, 6) is 1.63. The van der Waals surface area contributed by atoms with Gasteiger partial charge in [-0.2, -0.15) is 0 Å². The van der Waals surface area contributed by atoms with E-state index in [1.54, 1.807) is 18.2 Å². The molecule has 0 radical (unpaired) electrons. The first-order valence-corrected chi connectivity index (χ1v) is 4.90. The molecular weight excluding hydrogens is 224 g/mol. The van der Waals surface area contributed by atoms with Crippen molar-refractivity contribution in [3.8, 4) is 11.5 Å². The molecule has 2 aromatic rings. The molecule has 1 aliphatic heterocycles. The molecule has 1 aromatic heterocycles. The molecule has 7 heteroatoms. The first-order valence-electron chi connectivity index (χ1n) is 4.90. The summed E-state index contributed by atoms with van der Waals surface area (Å²) in [7, 11) is 0. The minimum Gasteiger partial charge on any atom is -0.454 e. The van der Waals surface area contributed by atoms with E-state index in [1.165, 1.54) is 0 Å². The van der Waals surface area contributed by atoms with Gasteiger partial charge in [0.25, 0.3) is 5.56 Å². The average molecular weight is 232 g/mol. The zero-order valence-electron chi connectivity index (χ0n) is 8.64. The topological polar surface area (TPSA) is 89.1 Å². The lowest BCUT2D eigenvalue weighted by Gasteiger charge is -2.04. The lowest BCUT2D eigenvalue weighted by Crippen LogP contribution is -2.10. The Labute approximate surface area is 95.4 Å². The van der Waals surface area contributed by atoms with Gasteiger partial charge in [-0.3, -0.25) is 9.78 Å². The molecule has 1 aromatic carbocycles. The van der Waals surface area contributed by atoms with Crippen molar-refractivity contribution in [3.05, 3.63) is 34.7 Å². The number of ether oxygens (including phenoxy) is 2. The van der Waals surface area contributed by atoms with Crippen molar-refractivity contribution in [1.82, 2.24) is 15.2 Å². The van der Waals surface area contributed by atoms with Crippen molar-refractivity contribution in [3.63, 3.8) is 0 Å². The van der Waals surface area contributed by atoms with Crippen LogP contribution >= 0.6 is 0 Å². The Morgan fingerprint density at radius 2 is 2.18 bits per heavy atom. The Morgan fingerprint density at radius 1 is 1.29 bits per heavy atom. The first-order chi connectivity index (χ1) is 8.31. The van der Waals surface area contributed by atoms with Gasteiger partial charge in [0.15, 0.2) is 11.5 Å². The molecule has 0 atom stereocenters. The minimum atomic E-state index is -0.316. The van der Waals surface area contributed by atoms with Crippen LogP contribution < -0.4 is 20.3 Å². The number of nitrogens with one attached hydrogen (secondary N) is 2. The molecular formula is C10H8N4O3. The molecule has 0 fully saturated rings. The highest BCUT2D eigenvalue weighted by molar-refractivity contribution is 5.59. The van der Waals surface area contributed by atoms with Gasteiger partial charge in [-0.15, -0.1) is 10.2 Å². The quantitative estimate of drug-likeness (QED) is 0.789. The Balaban J connectivity index is 1.88. The fourth-order valence-corrected chi connectivity index (χ4v) is 1.48. The number of fused-ring (bicyclic) bond motifs is 1. The van der Waals surface area contributed by atoms with E-state index in [4.69, 9.17) is 9.47 Å². The maximum Gasteiger partial charge on any atom is 0.271 e. The summed E-state index contributed by atoms with van der Waals surface area (Å²) in [5.41, 5.74) is 0.411. The van der Waals surface area contributed by atoms with Crippen LogP contribution in [0, 0.1) is 0 Å². The smallest absolute Gasteiger partial charge is 0.271 e. The molecule has 1 aliphatic rings. The van der Waals surface area contributed by atoms with Gasteiger partial charge in [-0.05, 0) is 12.1 Å². The second-order valence-electron chi connectivity index (χ2n) is 3.38. The van der Waals surface area contributed by atoms with Crippen LogP contribution in [0.4, 0.5) is 11.6 Å². The average Bonchev–Trinajstić information content (AvgIpc) is 2.76. The SMILES string of the molecule is O=c1cnnc(Nc2ccc3c(c2)OCO3)[nH]1. The number of nitrogens with zero attached hydrogens (tertiary/aromatic N) is 2. The van der Waals surface area contributed by atoms with Crippen LogP contribution in [-0.2, 0) is 0 Å². The van der Waals surface area contributed by atoms with Gasteiger partial charge >= 0.3 is 0 Å². The van der Waals surface area contributed by atoms with Crippen LogP contribution in [0.3, 0.4) is 0 Å². The van der Waals surface area contributed by atoms with E-state index in [2.05, 4.69) is 20.5 Å². The minimum absolute atomic E-state index is 0.223.